The molecule has 2 aromatic carbocycles. The van der Waals surface area contributed by atoms with Gasteiger partial charge in [-0.3, -0.25) is 4.79 Å². The predicted octanol–water partition coefficient (Wildman–Crippen LogP) is 3.45. The molecule has 1 N–H and O–H groups in total. The van der Waals surface area contributed by atoms with Crippen LogP contribution in [-0.4, -0.2) is 11.1 Å². The first-order valence-electron chi connectivity index (χ1n) is 6.10. The van der Waals surface area contributed by atoms with E-state index in [-0.39, 0.29) is 6.42 Å². The van der Waals surface area contributed by atoms with Gasteiger partial charge in [0, 0.05) is 5.92 Å². The lowest BCUT2D eigenvalue weighted by molar-refractivity contribution is -0.136. The number of aliphatic carboxylic acids is 1. The van der Waals surface area contributed by atoms with E-state index >= 15 is 0 Å². The van der Waals surface area contributed by atoms with Crippen LogP contribution in [0.2, 0.25) is 0 Å². The summed E-state index contributed by atoms with van der Waals surface area (Å²) in [6.07, 6.45) is 0.0936. The largest absolute Gasteiger partial charge is 0.481 e. The molecule has 1 aliphatic rings. The van der Waals surface area contributed by atoms with Gasteiger partial charge in [0.1, 0.15) is 0 Å². The van der Waals surface area contributed by atoms with Gasteiger partial charge in [-0.1, -0.05) is 49.4 Å². The summed E-state index contributed by atoms with van der Waals surface area (Å²) in [5.74, 6) is -0.428. The minimum Gasteiger partial charge on any atom is -0.481 e. The first-order chi connectivity index (χ1) is 8.66. The first kappa shape index (κ1) is 11.0. The third-order valence-electron chi connectivity index (χ3n) is 3.66. The zero-order valence-electron chi connectivity index (χ0n) is 10.2. The van der Waals surface area contributed by atoms with Crippen molar-refractivity contribution in [2.45, 2.75) is 19.3 Å². The summed E-state index contributed by atoms with van der Waals surface area (Å²) in [6, 6.07) is 14.4. The summed E-state index contributed by atoms with van der Waals surface area (Å²) in [5, 5.41) is 8.85. The van der Waals surface area contributed by atoms with Gasteiger partial charge in [0.05, 0.1) is 6.42 Å². The van der Waals surface area contributed by atoms with Crippen molar-refractivity contribution < 1.29 is 9.90 Å². The van der Waals surface area contributed by atoms with Gasteiger partial charge in [-0.2, -0.15) is 0 Å². The fourth-order valence-electron chi connectivity index (χ4n) is 2.79. The Balaban J connectivity index is 2.10. The molecule has 0 radical (unpaired) electrons. The van der Waals surface area contributed by atoms with E-state index in [0.717, 1.165) is 5.56 Å². The van der Waals surface area contributed by atoms with Crippen molar-refractivity contribution in [3.63, 3.8) is 0 Å². The molecule has 0 amide bonds. The zero-order chi connectivity index (χ0) is 12.7. The van der Waals surface area contributed by atoms with Crippen LogP contribution in [0.1, 0.15) is 29.5 Å². The van der Waals surface area contributed by atoms with Crippen LogP contribution in [0.25, 0.3) is 11.1 Å². The molecule has 0 saturated heterocycles. The van der Waals surface area contributed by atoms with Gasteiger partial charge < -0.3 is 5.11 Å². The highest BCUT2D eigenvalue weighted by Crippen LogP contribution is 2.44. The van der Waals surface area contributed by atoms with E-state index in [9.17, 15) is 4.79 Å². The Morgan fingerprint density at radius 1 is 1.11 bits per heavy atom. The molecule has 1 aliphatic carbocycles. The number of carboxylic acid groups (broad SMARTS) is 1. The van der Waals surface area contributed by atoms with Crippen LogP contribution in [-0.2, 0) is 11.2 Å². The van der Waals surface area contributed by atoms with E-state index in [1.54, 1.807) is 0 Å². The van der Waals surface area contributed by atoms with Crippen LogP contribution in [0.15, 0.2) is 42.5 Å². The third kappa shape index (κ3) is 1.61. The number of rotatable bonds is 2. The molecule has 1 unspecified atom stereocenters. The molecule has 90 valence electrons. The summed E-state index contributed by atoms with van der Waals surface area (Å²) in [7, 11) is 0. The van der Waals surface area contributed by atoms with Crippen molar-refractivity contribution >= 4 is 5.97 Å². The average Bonchev–Trinajstić information content (AvgIpc) is 2.63. The molecule has 2 aromatic rings. The highest BCUT2D eigenvalue weighted by atomic mass is 16.4. The van der Waals surface area contributed by atoms with Crippen molar-refractivity contribution in [2.24, 2.45) is 0 Å². The third-order valence-corrected chi connectivity index (χ3v) is 3.66. The normalized spacial score (nSPS) is 16.2. The number of carbonyl (C=O) groups is 1. The fraction of sp³-hybridized carbons (Fsp3) is 0.188. The minimum atomic E-state index is -0.780. The Morgan fingerprint density at radius 2 is 1.83 bits per heavy atom. The highest BCUT2D eigenvalue weighted by molar-refractivity contribution is 5.79. The Bertz CT molecular complexity index is 629. The van der Waals surface area contributed by atoms with E-state index in [2.05, 4.69) is 31.2 Å². The van der Waals surface area contributed by atoms with Crippen LogP contribution >= 0.6 is 0 Å². The molecule has 18 heavy (non-hydrogen) atoms. The quantitative estimate of drug-likeness (QED) is 0.870. The van der Waals surface area contributed by atoms with Crippen LogP contribution in [0.3, 0.4) is 0 Å². The molecule has 0 saturated carbocycles. The Morgan fingerprint density at radius 3 is 2.61 bits per heavy atom. The number of benzene rings is 2. The number of hydrogen-bond acceptors (Lipinski definition) is 1. The number of carboxylic acids is 1. The molecule has 0 bridgehead atoms. The monoisotopic (exact) mass is 238 g/mol. The topological polar surface area (TPSA) is 37.3 Å². The standard InChI is InChI=1S/C16H14O2/c1-10-12-4-2-3-5-13(12)14-7-6-11(8-15(10)14)9-16(17)18/h2-8,10H,9H2,1H3,(H,17,18). The molecule has 1 atom stereocenters. The SMILES string of the molecule is CC1c2ccccc2-c2ccc(CC(=O)O)cc21. The van der Waals surface area contributed by atoms with E-state index in [1.165, 1.54) is 22.3 Å². The molecule has 0 aliphatic heterocycles. The number of fused-ring (bicyclic) bond motifs is 3. The summed E-state index contributed by atoms with van der Waals surface area (Å²) in [4.78, 5) is 10.8. The zero-order valence-corrected chi connectivity index (χ0v) is 10.2. The van der Waals surface area contributed by atoms with Crippen molar-refractivity contribution in [3.8, 4) is 11.1 Å². The molecule has 2 heteroatoms. The van der Waals surface area contributed by atoms with Crippen molar-refractivity contribution in [1.82, 2.24) is 0 Å². The lowest BCUT2D eigenvalue weighted by Crippen LogP contribution is -2.01. The highest BCUT2D eigenvalue weighted by Gasteiger charge is 2.24. The smallest absolute Gasteiger partial charge is 0.307 e. The predicted molar refractivity (Wildman–Crippen MR) is 70.7 cm³/mol. The van der Waals surface area contributed by atoms with Gasteiger partial charge in [0.25, 0.3) is 0 Å². The van der Waals surface area contributed by atoms with Gasteiger partial charge in [0.15, 0.2) is 0 Å². The second-order valence-corrected chi connectivity index (χ2v) is 4.80. The van der Waals surface area contributed by atoms with E-state index in [4.69, 9.17) is 5.11 Å². The molecule has 0 fully saturated rings. The average molecular weight is 238 g/mol. The molecule has 0 heterocycles. The maximum atomic E-state index is 10.8. The summed E-state index contributed by atoms with van der Waals surface area (Å²) in [5.41, 5.74) is 5.98. The maximum Gasteiger partial charge on any atom is 0.307 e. The lowest BCUT2D eigenvalue weighted by atomic mass is 9.97. The summed E-state index contributed by atoms with van der Waals surface area (Å²) in [6.45, 7) is 2.18. The van der Waals surface area contributed by atoms with Crippen molar-refractivity contribution in [1.29, 1.82) is 0 Å². The van der Waals surface area contributed by atoms with Crippen molar-refractivity contribution in [3.05, 3.63) is 59.2 Å². The summed E-state index contributed by atoms with van der Waals surface area (Å²) >= 11 is 0. The van der Waals surface area contributed by atoms with Crippen LogP contribution in [0, 0.1) is 0 Å². The molecule has 0 aromatic heterocycles. The van der Waals surface area contributed by atoms with Gasteiger partial charge in [-0.25, -0.2) is 0 Å². The Labute approximate surface area is 106 Å². The summed E-state index contributed by atoms with van der Waals surface area (Å²) < 4.78 is 0. The molecule has 0 spiro atoms. The minimum absolute atomic E-state index is 0.0936. The molecular weight excluding hydrogens is 224 g/mol. The number of hydrogen-bond donors (Lipinski definition) is 1. The second kappa shape index (κ2) is 3.98. The fourth-order valence-corrected chi connectivity index (χ4v) is 2.79. The van der Waals surface area contributed by atoms with Crippen LogP contribution in [0.5, 0.6) is 0 Å². The van der Waals surface area contributed by atoms with E-state index < -0.39 is 5.97 Å². The second-order valence-electron chi connectivity index (χ2n) is 4.80. The van der Waals surface area contributed by atoms with Crippen LogP contribution < -0.4 is 0 Å². The van der Waals surface area contributed by atoms with Gasteiger partial charge in [-0.15, -0.1) is 0 Å². The molecular formula is C16H14O2. The molecule has 3 rings (SSSR count). The van der Waals surface area contributed by atoms with Gasteiger partial charge in [-0.05, 0) is 27.8 Å². The van der Waals surface area contributed by atoms with Crippen LogP contribution in [0.4, 0.5) is 0 Å². The lowest BCUT2D eigenvalue weighted by Gasteiger charge is -2.07. The van der Waals surface area contributed by atoms with Gasteiger partial charge in [0.2, 0.25) is 0 Å². The van der Waals surface area contributed by atoms with E-state index in [0.29, 0.717) is 5.92 Å². The van der Waals surface area contributed by atoms with Crippen molar-refractivity contribution in [2.75, 3.05) is 0 Å². The Hall–Kier alpha value is -2.09. The van der Waals surface area contributed by atoms with E-state index in [1.807, 2.05) is 18.2 Å². The van der Waals surface area contributed by atoms with Gasteiger partial charge >= 0.3 is 5.97 Å². The maximum absolute atomic E-state index is 10.8. The Kier molecular flexibility index (Phi) is 2.44. The first-order valence-corrected chi connectivity index (χ1v) is 6.10. The molecule has 2 nitrogen and oxygen atoms in total.